The molecular weight excluding hydrogens is 212 g/mol. The second-order valence-corrected chi connectivity index (χ2v) is 3.38. The molecule has 0 saturated carbocycles. The maximum Gasteiger partial charge on any atom is 0.384 e. The molecule has 92 valence electrons. The molecular formula is C15H20O2. The fourth-order valence-corrected chi connectivity index (χ4v) is 1.08. The van der Waals surface area contributed by atoms with Crippen LogP contribution in [-0.2, 0) is 9.53 Å². The van der Waals surface area contributed by atoms with Gasteiger partial charge in [0.15, 0.2) is 0 Å². The number of methoxy groups -OCH3 is 1. The number of hydrogen-bond donors (Lipinski definition) is 0. The highest BCUT2D eigenvalue weighted by atomic mass is 16.5. The molecule has 0 aliphatic carbocycles. The molecule has 0 aromatic heterocycles. The van der Waals surface area contributed by atoms with Crippen LogP contribution >= 0.6 is 0 Å². The van der Waals surface area contributed by atoms with E-state index in [2.05, 4.69) is 22.7 Å². The minimum Gasteiger partial charge on any atom is -0.459 e. The van der Waals surface area contributed by atoms with Crippen LogP contribution in [-0.4, -0.2) is 13.1 Å². The van der Waals surface area contributed by atoms with Gasteiger partial charge in [0.05, 0.1) is 7.11 Å². The van der Waals surface area contributed by atoms with E-state index in [1.54, 1.807) is 0 Å². The fourth-order valence-electron chi connectivity index (χ4n) is 1.08. The molecule has 0 atom stereocenters. The Hall–Kier alpha value is -1.75. The van der Waals surface area contributed by atoms with Gasteiger partial charge in [0.2, 0.25) is 0 Å². The summed E-state index contributed by atoms with van der Waals surface area (Å²) < 4.78 is 4.41. The Kier molecular flexibility index (Phi) is 11.1. The molecule has 0 unspecified atom stereocenters. The highest BCUT2D eigenvalue weighted by Crippen LogP contribution is 1.99. The average Bonchev–Trinajstić information content (AvgIpc) is 2.35. The van der Waals surface area contributed by atoms with Crippen LogP contribution in [0.15, 0.2) is 36.5 Å². The molecule has 0 saturated heterocycles. The van der Waals surface area contributed by atoms with E-state index in [-0.39, 0.29) is 0 Å². The van der Waals surface area contributed by atoms with Gasteiger partial charge >= 0.3 is 5.97 Å². The Labute approximate surface area is 104 Å². The van der Waals surface area contributed by atoms with Crippen LogP contribution in [0.3, 0.4) is 0 Å². The second kappa shape index (κ2) is 12.3. The predicted octanol–water partition coefficient (Wildman–Crippen LogP) is 3.41. The van der Waals surface area contributed by atoms with Gasteiger partial charge in [-0.3, -0.25) is 0 Å². The van der Waals surface area contributed by atoms with Crippen molar-refractivity contribution in [3.05, 3.63) is 36.5 Å². The van der Waals surface area contributed by atoms with Crippen molar-refractivity contribution in [2.75, 3.05) is 7.11 Å². The number of carbonyl (C=O) groups is 1. The fraction of sp³-hybridized carbons (Fsp3) is 0.400. The lowest BCUT2D eigenvalue weighted by atomic mass is 10.2. The highest BCUT2D eigenvalue weighted by molar-refractivity contribution is 5.88. The monoisotopic (exact) mass is 232 g/mol. The summed E-state index contributed by atoms with van der Waals surface area (Å²) in [5.74, 6) is 4.73. The molecule has 17 heavy (non-hydrogen) atoms. The molecule has 0 aliphatic heterocycles. The molecule has 0 aromatic rings. The summed E-state index contributed by atoms with van der Waals surface area (Å²) in [5.41, 5.74) is 0. The molecule has 0 radical (unpaired) electrons. The molecule has 0 aromatic carbocycles. The lowest BCUT2D eigenvalue weighted by Crippen LogP contribution is -1.94. The van der Waals surface area contributed by atoms with Crippen LogP contribution in [0.2, 0.25) is 0 Å². The Morgan fingerprint density at radius 1 is 1.18 bits per heavy atom. The Bertz CT molecular complexity index is 338. The number of ether oxygens (including phenoxy) is 1. The minimum absolute atomic E-state index is 0.459. The van der Waals surface area contributed by atoms with E-state index in [0.717, 1.165) is 25.7 Å². The lowest BCUT2D eigenvalue weighted by Gasteiger charge is -1.90. The third kappa shape index (κ3) is 12.2. The van der Waals surface area contributed by atoms with Gasteiger partial charge in [-0.25, -0.2) is 4.79 Å². The molecule has 2 nitrogen and oxygen atoms in total. The van der Waals surface area contributed by atoms with Crippen molar-refractivity contribution < 1.29 is 9.53 Å². The maximum atomic E-state index is 10.7. The molecule has 0 fully saturated rings. The average molecular weight is 232 g/mol. The first kappa shape index (κ1) is 15.2. The quantitative estimate of drug-likeness (QED) is 0.231. The van der Waals surface area contributed by atoms with Crippen molar-refractivity contribution in [3.8, 4) is 11.8 Å². The number of allylic oxidation sites excluding steroid dienone is 6. The number of hydrogen-bond acceptors (Lipinski definition) is 2. The smallest absolute Gasteiger partial charge is 0.384 e. The van der Waals surface area contributed by atoms with Crippen molar-refractivity contribution >= 4 is 5.97 Å². The standard InChI is InChI=1S/C15H20O2/c1-3-4-5-6-7-8-9-10-11-12-13-14-15(16)17-2/h3-8H,9-12H2,1-2H3. The molecule has 2 heteroatoms. The van der Waals surface area contributed by atoms with E-state index in [1.165, 1.54) is 7.11 Å². The van der Waals surface area contributed by atoms with Gasteiger partial charge < -0.3 is 4.74 Å². The summed E-state index contributed by atoms with van der Waals surface area (Å²) in [6, 6.07) is 0. The van der Waals surface area contributed by atoms with Crippen molar-refractivity contribution in [2.24, 2.45) is 0 Å². The Morgan fingerprint density at radius 3 is 2.65 bits per heavy atom. The minimum atomic E-state index is -0.459. The molecule has 0 N–H and O–H groups in total. The molecule has 0 spiro atoms. The lowest BCUT2D eigenvalue weighted by molar-refractivity contribution is -0.133. The van der Waals surface area contributed by atoms with Crippen LogP contribution in [0.1, 0.15) is 32.6 Å². The SMILES string of the molecule is CC=CC=CC=CCCCCC#CC(=O)OC. The van der Waals surface area contributed by atoms with E-state index in [4.69, 9.17) is 0 Å². The number of unbranched alkanes of at least 4 members (excludes halogenated alkanes) is 3. The number of esters is 1. The second-order valence-electron chi connectivity index (χ2n) is 3.38. The summed E-state index contributed by atoms with van der Waals surface area (Å²) in [7, 11) is 1.34. The first-order chi connectivity index (χ1) is 8.31. The zero-order valence-corrected chi connectivity index (χ0v) is 10.6. The summed E-state index contributed by atoms with van der Waals surface area (Å²) in [6.45, 7) is 1.99. The van der Waals surface area contributed by atoms with Crippen LogP contribution in [0, 0.1) is 11.8 Å². The van der Waals surface area contributed by atoms with Gasteiger partial charge in [-0.05, 0) is 26.2 Å². The normalized spacial score (nSPS) is 10.9. The van der Waals surface area contributed by atoms with Gasteiger partial charge in [0.25, 0.3) is 0 Å². The first-order valence-corrected chi connectivity index (χ1v) is 5.82. The van der Waals surface area contributed by atoms with E-state index < -0.39 is 5.97 Å². The Balaban J connectivity index is 3.45. The van der Waals surface area contributed by atoms with Crippen LogP contribution < -0.4 is 0 Å². The van der Waals surface area contributed by atoms with Crippen molar-refractivity contribution in [2.45, 2.75) is 32.6 Å². The van der Waals surface area contributed by atoms with Crippen molar-refractivity contribution in [1.29, 1.82) is 0 Å². The summed E-state index contributed by atoms with van der Waals surface area (Å²) in [5, 5.41) is 0. The van der Waals surface area contributed by atoms with Gasteiger partial charge in [-0.15, -0.1) is 0 Å². The van der Waals surface area contributed by atoms with E-state index in [1.807, 2.05) is 37.3 Å². The summed E-state index contributed by atoms with van der Waals surface area (Å²) >= 11 is 0. The number of carbonyl (C=O) groups excluding carboxylic acids is 1. The van der Waals surface area contributed by atoms with Crippen molar-refractivity contribution in [1.82, 2.24) is 0 Å². The van der Waals surface area contributed by atoms with E-state index in [9.17, 15) is 4.79 Å². The van der Waals surface area contributed by atoms with Gasteiger partial charge in [-0.2, -0.15) is 0 Å². The first-order valence-electron chi connectivity index (χ1n) is 5.82. The summed E-state index contributed by atoms with van der Waals surface area (Å²) in [6.07, 6.45) is 16.1. The third-order valence-electron chi connectivity index (χ3n) is 1.96. The van der Waals surface area contributed by atoms with Crippen LogP contribution in [0.5, 0.6) is 0 Å². The topological polar surface area (TPSA) is 26.3 Å². The van der Waals surface area contributed by atoms with E-state index >= 15 is 0 Å². The maximum absolute atomic E-state index is 10.7. The van der Waals surface area contributed by atoms with E-state index in [0.29, 0.717) is 0 Å². The largest absolute Gasteiger partial charge is 0.459 e. The number of rotatable bonds is 6. The zero-order valence-electron chi connectivity index (χ0n) is 10.6. The van der Waals surface area contributed by atoms with Gasteiger partial charge in [0.1, 0.15) is 0 Å². The third-order valence-corrected chi connectivity index (χ3v) is 1.96. The zero-order chi connectivity index (χ0) is 12.8. The van der Waals surface area contributed by atoms with Gasteiger partial charge in [-0.1, -0.05) is 42.4 Å². The van der Waals surface area contributed by atoms with Crippen LogP contribution in [0.4, 0.5) is 0 Å². The highest BCUT2D eigenvalue weighted by Gasteiger charge is 1.88. The molecule has 0 heterocycles. The summed E-state index contributed by atoms with van der Waals surface area (Å²) in [4.78, 5) is 10.7. The van der Waals surface area contributed by atoms with Gasteiger partial charge in [0, 0.05) is 12.3 Å². The van der Waals surface area contributed by atoms with Crippen molar-refractivity contribution in [3.63, 3.8) is 0 Å². The Morgan fingerprint density at radius 2 is 1.94 bits per heavy atom. The molecule has 0 rings (SSSR count). The van der Waals surface area contributed by atoms with Crippen LogP contribution in [0.25, 0.3) is 0 Å². The predicted molar refractivity (Wildman–Crippen MR) is 71.4 cm³/mol. The molecule has 0 amide bonds. The molecule has 0 aliphatic rings. The molecule has 0 bridgehead atoms.